The highest BCUT2D eigenvalue weighted by atomic mass is 32.2. The topological polar surface area (TPSA) is 89.3 Å². The van der Waals surface area contributed by atoms with Crippen molar-refractivity contribution in [3.63, 3.8) is 0 Å². The molecule has 124 valence electrons. The van der Waals surface area contributed by atoms with Gasteiger partial charge in [0.05, 0.1) is 11.4 Å². The largest absolute Gasteiger partial charge is 0.361 e. The number of amides is 1. The summed E-state index contributed by atoms with van der Waals surface area (Å²) in [5, 5.41) is 5.17. The Morgan fingerprint density at radius 1 is 1.26 bits per heavy atom. The van der Waals surface area contributed by atoms with Gasteiger partial charge in [0.1, 0.15) is 11.0 Å². The molecule has 1 heterocycles. The van der Waals surface area contributed by atoms with Crippen molar-refractivity contribution in [3.8, 4) is 0 Å². The molecular formula is C16H20N2O4S. The number of sulfone groups is 1. The highest BCUT2D eigenvalue weighted by molar-refractivity contribution is 7.92. The molecule has 0 fully saturated rings. The zero-order chi connectivity index (χ0) is 17.2. The predicted molar refractivity (Wildman–Crippen MR) is 87.9 cm³/mol. The maximum Gasteiger partial charge on any atom is 0.242 e. The lowest BCUT2D eigenvalue weighted by molar-refractivity contribution is -0.115. The number of carbonyl (C=O) groups excluding carboxylic acids is 1. The van der Waals surface area contributed by atoms with E-state index in [1.165, 1.54) is 6.92 Å². The molecule has 2 rings (SSSR count). The Bertz CT molecular complexity index is 824. The molecule has 0 radical (unpaired) electrons. The molecule has 0 saturated heterocycles. The molecule has 0 spiro atoms. The second-order valence-electron chi connectivity index (χ2n) is 5.69. The molecule has 6 nitrogen and oxygen atoms in total. The summed E-state index contributed by atoms with van der Waals surface area (Å²) >= 11 is 0. The highest BCUT2D eigenvalue weighted by Gasteiger charge is 2.29. The number of nitrogens with one attached hydrogen (secondary N) is 1. The van der Waals surface area contributed by atoms with Crippen LogP contribution in [0, 0.1) is 20.8 Å². The summed E-state index contributed by atoms with van der Waals surface area (Å²) in [5.74, 6) is -0.354. The van der Waals surface area contributed by atoms with Gasteiger partial charge < -0.3 is 9.84 Å². The molecular weight excluding hydrogens is 316 g/mol. The smallest absolute Gasteiger partial charge is 0.242 e. The molecule has 1 aromatic heterocycles. The minimum Gasteiger partial charge on any atom is -0.361 e. The van der Waals surface area contributed by atoms with Crippen molar-refractivity contribution in [2.45, 2.75) is 38.7 Å². The average molecular weight is 336 g/mol. The first-order chi connectivity index (χ1) is 10.7. The van der Waals surface area contributed by atoms with Gasteiger partial charge in [-0.05, 0) is 44.9 Å². The zero-order valence-corrected chi connectivity index (χ0v) is 14.4. The SMILES string of the molecule is Cc1ccc(C)c(NC(=O)C(C)S(=O)(=O)Cc2cc(C)on2)c1. The van der Waals surface area contributed by atoms with Crippen LogP contribution >= 0.6 is 0 Å². The molecule has 0 aliphatic carbocycles. The van der Waals surface area contributed by atoms with E-state index in [2.05, 4.69) is 10.5 Å². The molecule has 1 atom stereocenters. The van der Waals surface area contributed by atoms with Gasteiger partial charge in [-0.25, -0.2) is 8.42 Å². The van der Waals surface area contributed by atoms with Gasteiger partial charge in [0.15, 0.2) is 9.84 Å². The quantitative estimate of drug-likeness (QED) is 0.906. The Morgan fingerprint density at radius 2 is 1.96 bits per heavy atom. The summed E-state index contributed by atoms with van der Waals surface area (Å²) in [7, 11) is -3.68. The van der Waals surface area contributed by atoms with Crippen molar-refractivity contribution in [3.05, 3.63) is 46.8 Å². The Kier molecular flexibility index (Phi) is 4.89. The Hall–Kier alpha value is -2.15. The van der Waals surface area contributed by atoms with Crippen LogP contribution in [0.2, 0.25) is 0 Å². The van der Waals surface area contributed by atoms with Gasteiger partial charge in [-0.2, -0.15) is 0 Å². The highest BCUT2D eigenvalue weighted by Crippen LogP contribution is 2.18. The van der Waals surface area contributed by atoms with E-state index >= 15 is 0 Å². The van der Waals surface area contributed by atoms with Gasteiger partial charge in [-0.15, -0.1) is 0 Å². The first kappa shape index (κ1) is 17.2. The lowest BCUT2D eigenvalue weighted by atomic mass is 10.1. The molecule has 1 aromatic carbocycles. The summed E-state index contributed by atoms with van der Waals surface area (Å²) in [4.78, 5) is 12.3. The molecule has 0 bridgehead atoms. The van der Waals surface area contributed by atoms with Crippen molar-refractivity contribution >= 4 is 21.4 Å². The van der Waals surface area contributed by atoms with Gasteiger partial charge in [0.2, 0.25) is 5.91 Å². The number of aryl methyl sites for hydroxylation is 3. The number of aromatic nitrogens is 1. The van der Waals surface area contributed by atoms with Crippen molar-refractivity contribution in [2.75, 3.05) is 5.32 Å². The van der Waals surface area contributed by atoms with Gasteiger partial charge in [-0.3, -0.25) is 4.79 Å². The minimum atomic E-state index is -3.68. The van der Waals surface area contributed by atoms with Crippen molar-refractivity contribution in [1.29, 1.82) is 0 Å². The number of carbonyl (C=O) groups is 1. The Balaban J connectivity index is 2.13. The molecule has 7 heteroatoms. The number of rotatable bonds is 5. The van der Waals surface area contributed by atoms with E-state index in [0.29, 0.717) is 17.1 Å². The molecule has 2 aromatic rings. The first-order valence-electron chi connectivity index (χ1n) is 7.21. The van der Waals surface area contributed by atoms with Crippen LogP contribution in [0.5, 0.6) is 0 Å². The standard InChI is InChI=1S/C16H20N2O4S/c1-10-5-6-11(2)15(7-10)17-16(19)13(4)23(20,21)9-14-8-12(3)22-18-14/h5-8,13H,9H2,1-4H3,(H,17,19). The van der Waals surface area contributed by atoms with Crippen LogP contribution in [0.4, 0.5) is 5.69 Å². The second kappa shape index (κ2) is 6.54. The summed E-state index contributed by atoms with van der Waals surface area (Å²) in [6.45, 7) is 6.82. The average Bonchev–Trinajstić information content (AvgIpc) is 2.86. The van der Waals surface area contributed by atoms with E-state index in [0.717, 1.165) is 11.1 Å². The molecule has 1 N–H and O–H groups in total. The fourth-order valence-electron chi connectivity index (χ4n) is 2.09. The van der Waals surface area contributed by atoms with Crippen LogP contribution in [0.3, 0.4) is 0 Å². The Morgan fingerprint density at radius 3 is 2.57 bits per heavy atom. The maximum absolute atomic E-state index is 12.4. The van der Waals surface area contributed by atoms with E-state index < -0.39 is 21.0 Å². The van der Waals surface area contributed by atoms with Crippen LogP contribution < -0.4 is 5.32 Å². The number of nitrogens with zero attached hydrogens (tertiary/aromatic N) is 1. The van der Waals surface area contributed by atoms with E-state index in [-0.39, 0.29) is 5.75 Å². The van der Waals surface area contributed by atoms with E-state index in [1.54, 1.807) is 13.0 Å². The Labute approximate surface area is 135 Å². The number of anilines is 1. The predicted octanol–water partition coefficient (Wildman–Crippen LogP) is 2.54. The molecule has 23 heavy (non-hydrogen) atoms. The normalized spacial score (nSPS) is 12.9. The first-order valence-corrected chi connectivity index (χ1v) is 8.92. The fourth-order valence-corrected chi connectivity index (χ4v) is 3.27. The van der Waals surface area contributed by atoms with Crippen molar-refractivity contribution < 1.29 is 17.7 Å². The summed E-state index contributed by atoms with van der Waals surface area (Å²) in [5.41, 5.74) is 2.78. The van der Waals surface area contributed by atoms with Crippen molar-refractivity contribution in [1.82, 2.24) is 5.16 Å². The van der Waals surface area contributed by atoms with Crippen LogP contribution in [0.25, 0.3) is 0 Å². The van der Waals surface area contributed by atoms with Gasteiger partial charge in [0, 0.05) is 11.8 Å². The second-order valence-corrected chi connectivity index (χ2v) is 8.01. The van der Waals surface area contributed by atoms with Crippen LogP contribution in [-0.4, -0.2) is 24.7 Å². The van der Waals surface area contributed by atoms with E-state index in [1.807, 2.05) is 32.0 Å². The van der Waals surface area contributed by atoms with Gasteiger partial charge >= 0.3 is 0 Å². The third kappa shape index (κ3) is 4.19. The molecule has 0 aliphatic rings. The van der Waals surface area contributed by atoms with Crippen LogP contribution in [0.1, 0.15) is 29.5 Å². The van der Waals surface area contributed by atoms with Gasteiger partial charge in [0.25, 0.3) is 0 Å². The number of hydrogen-bond acceptors (Lipinski definition) is 5. The summed E-state index contributed by atoms with van der Waals surface area (Å²) < 4.78 is 29.6. The zero-order valence-electron chi connectivity index (χ0n) is 13.6. The fraction of sp³-hybridized carbons (Fsp3) is 0.375. The van der Waals surface area contributed by atoms with E-state index in [9.17, 15) is 13.2 Å². The maximum atomic E-state index is 12.4. The summed E-state index contributed by atoms with van der Waals surface area (Å²) in [6, 6.07) is 7.17. The molecule has 1 unspecified atom stereocenters. The third-order valence-electron chi connectivity index (χ3n) is 3.58. The van der Waals surface area contributed by atoms with Crippen LogP contribution in [-0.2, 0) is 20.4 Å². The molecule has 1 amide bonds. The van der Waals surface area contributed by atoms with Crippen molar-refractivity contribution in [2.24, 2.45) is 0 Å². The minimum absolute atomic E-state index is 0.300. The number of hydrogen-bond donors (Lipinski definition) is 1. The summed E-state index contributed by atoms with van der Waals surface area (Å²) in [6.07, 6.45) is 0. The van der Waals surface area contributed by atoms with Gasteiger partial charge in [-0.1, -0.05) is 17.3 Å². The van der Waals surface area contributed by atoms with E-state index in [4.69, 9.17) is 4.52 Å². The third-order valence-corrected chi connectivity index (χ3v) is 5.57. The number of benzene rings is 1. The van der Waals surface area contributed by atoms with Crippen LogP contribution in [0.15, 0.2) is 28.8 Å². The monoisotopic (exact) mass is 336 g/mol. The molecule has 0 aliphatic heterocycles. The lowest BCUT2D eigenvalue weighted by Gasteiger charge is -2.14. The molecule has 0 saturated carbocycles. The lowest BCUT2D eigenvalue weighted by Crippen LogP contribution is -2.33.